The van der Waals surface area contributed by atoms with Crippen molar-refractivity contribution >= 4 is 23.8 Å². The number of esters is 1. The van der Waals surface area contributed by atoms with Gasteiger partial charge in [-0.25, -0.2) is 10.2 Å². The van der Waals surface area contributed by atoms with Crippen molar-refractivity contribution in [3.63, 3.8) is 0 Å². The highest BCUT2D eigenvalue weighted by atomic mass is 16.6. The lowest BCUT2D eigenvalue weighted by atomic mass is 10.2. The number of hydrazone groups is 1. The molecule has 0 aromatic heterocycles. The molecule has 1 amide bonds. The van der Waals surface area contributed by atoms with E-state index in [2.05, 4.69) is 10.5 Å². The summed E-state index contributed by atoms with van der Waals surface area (Å²) in [6.45, 7) is 0. The number of carbonyl (C=O) groups excluding carboxylic acids is 2. The summed E-state index contributed by atoms with van der Waals surface area (Å²) in [6, 6.07) is 16.3. The van der Waals surface area contributed by atoms with E-state index in [-0.39, 0.29) is 17.0 Å². The zero-order valence-corrected chi connectivity index (χ0v) is 17.7. The molecule has 0 aliphatic rings. The predicted octanol–water partition coefficient (Wildman–Crippen LogP) is 3.60. The Morgan fingerprint density at radius 1 is 0.939 bits per heavy atom. The van der Waals surface area contributed by atoms with Crippen molar-refractivity contribution in [1.82, 2.24) is 5.43 Å². The minimum absolute atomic E-state index is 0.125. The summed E-state index contributed by atoms with van der Waals surface area (Å²) in [6.07, 6.45) is 1.39. The molecule has 0 atom stereocenters. The molecule has 0 radical (unpaired) electrons. The van der Waals surface area contributed by atoms with Crippen LogP contribution < -0.4 is 19.6 Å². The van der Waals surface area contributed by atoms with Gasteiger partial charge in [0.2, 0.25) is 0 Å². The molecule has 168 valence electrons. The number of hydrogen-bond donors (Lipinski definition) is 1. The number of nitro groups is 1. The van der Waals surface area contributed by atoms with Crippen LogP contribution in [0.25, 0.3) is 0 Å². The van der Waals surface area contributed by atoms with Gasteiger partial charge < -0.3 is 14.2 Å². The number of ether oxygens (including phenoxy) is 3. The van der Waals surface area contributed by atoms with Gasteiger partial charge in [-0.15, -0.1) is 0 Å². The predicted molar refractivity (Wildman–Crippen MR) is 119 cm³/mol. The molecule has 10 nitrogen and oxygen atoms in total. The first-order valence-corrected chi connectivity index (χ1v) is 9.53. The molecule has 0 heterocycles. The number of hydrogen-bond acceptors (Lipinski definition) is 8. The van der Waals surface area contributed by atoms with Gasteiger partial charge in [0.05, 0.1) is 30.9 Å². The first-order valence-electron chi connectivity index (χ1n) is 9.53. The molecule has 3 aromatic rings. The largest absolute Gasteiger partial charge is 0.493 e. The smallest absolute Gasteiger partial charge is 0.343 e. The van der Waals surface area contributed by atoms with Crippen molar-refractivity contribution in [3.05, 3.63) is 93.5 Å². The number of nitrogens with one attached hydrogen (secondary N) is 1. The van der Waals surface area contributed by atoms with Crippen molar-refractivity contribution in [2.45, 2.75) is 0 Å². The molecule has 1 N–H and O–H groups in total. The Morgan fingerprint density at radius 3 is 2.30 bits per heavy atom. The van der Waals surface area contributed by atoms with Gasteiger partial charge in [0.1, 0.15) is 5.75 Å². The van der Waals surface area contributed by atoms with Crippen LogP contribution in [0.3, 0.4) is 0 Å². The second-order valence-electron chi connectivity index (χ2n) is 6.53. The highest BCUT2D eigenvalue weighted by Gasteiger charge is 2.12. The molecule has 3 aromatic carbocycles. The molecule has 0 spiro atoms. The maximum atomic E-state index is 12.3. The summed E-state index contributed by atoms with van der Waals surface area (Å²) >= 11 is 0. The molecule has 10 heteroatoms. The van der Waals surface area contributed by atoms with E-state index in [0.29, 0.717) is 22.6 Å². The highest BCUT2D eigenvalue weighted by Crippen LogP contribution is 2.27. The average Bonchev–Trinajstić information content (AvgIpc) is 2.83. The monoisotopic (exact) mass is 449 g/mol. The fraction of sp³-hybridized carbons (Fsp3) is 0.0870. The number of rotatable bonds is 8. The quantitative estimate of drug-likeness (QED) is 0.183. The summed E-state index contributed by atoms with van der Waals surface area (Å²) in [5.41, 5.74) is 3.35. The Labute approximate surface area is 188 Å². The standard InChI is InChI=1S/C23H19N3O7/c1-31-20-11-8-17(13-21(20)32-2)22(27)25-24-14-15-4-3-5-19(12-15)33-23(28)16-6-9-18(10-7-16)26(29)30/h3-14H,1-2H3,(H,25,27)/b24-14+. The van der Waals surface area contributed by atoms with E-state index in [1.54, 1.807) is 36.4 Å². The molecule has 3 rings (SSSR count). The van der Waals surface area contributed by atoms with E-state index < -0.39 is 16.8 Å². The Morgan fingerprint density at radius 2 is 1.64 bits per heavy atom. The Kier molecular flexibility index (Phi) is 7.32. The third-order valence-electron chi connectivity index (χ3n) is 4.41. The third kappa shape index (κ3) is 5.91. The van der Waals surface area contributed by atoms with E-state index in [0.717, 1.165) is 0 Å². The number of nitro benzene ring substituents is 1. The van der Waals surface area contributed by atoms with Crippen molar-refractivity contribution in [2.24, 2.45) is 5.10 Å². The van der Waals surface area contributed by atoms with Crippen molar-refractivity contribution in [2.75, 3.05) is 14.2 Å². The minimum Gasteiger partial charge on any atom is -0.493 e. The van der Waals surface area contributed by atoms with Crippen LogP contribution in [-0.2, 0) is 0 Å². The summed E-state index contributed by atoms with van der Waals surface area (Å²) in [5.74, 6) is 0.0385. The topological polar surface area (TPSA) is 129 Å². The highest BCUT2D eigenvalue weighted by molar-refractivity contribution is 5.95. The van der Waals surface area contributed by atoms with Gasteiger partial charge in [0.25, 0.3) is 11.6 Å². The fourth-order valence-corrected chi connectivity index (χ4v) is 2.75. The summed E-state index contributed by atoms with van der Waals surface area (Å²) < 4.78 is 15.6. The van der Waals surface area contributed by atoms with Crippen LogP contribution >= 0.6 is 0 Å². The van der Waals surface area contributed by atoms with E-state index in [4.69, 9.17) is 14.2 Å². The van der Waals surface area contributed by atoms with E-state index >= 15 is 0 Å². The van der Waals surface area contributed by atoms with Crippen molar-refractivity contribution in [3.8, 4) is 17.2 Å². The third-order valence-corrected chi connectivity index (χ3v) is 4.41. The van der Waals surface area contributed by atoms with Crippen LogP contribution in [-0.4, -0.2) is 37.2 Å². The molecule has 0 fully saturated rings. The number of methoxy groups -OCH3 is 2. The second-order valence-corrected chi connectivity index (χ2v) is 6.53. The van der Waals surface area contributed by atoms with Gasteiger partial charge in [-0.2, -0.15) is 5.10 Å². The van der Waals surface area contributed by atoms with Crippen LogP contribution in [0.15, 0.2) is 71.8 Å². The van der Waals surface area contributed by atoms with Gasteiger partial charge in [-0.3, -0.25) is 14.9 Å². The molecule has 0 unspecified atom stereocenters. The van der Waals surface area contributed by atoms with E-state index in [1.807, 2.05) is 0 Å². The normalized spacial score (nSPS) is 10.5. The number of carbonyl (C=O) groups is 2. The first kappa shape index (κ1) is 22.9. The van der Waals surface area contributed by atoms with Crippen LogP contribution in [0.2, 0.25) is 0 Å². The van der Waals surface area contributed by atoms with E-state index in [9.17, 15) is 19.7 Å². The number of nitrogens with zero attached hydrogens (tertiary/aromatic N) is 2. The molecule has 0 saturated heterocycles. The van der Waals surface area contributed by atoms with Crippen LogP contribution in [0, 0.1) is 10.1 Å². The van der Waals surface area contributed by atoms with Gasteiger partial charge >= 0.3 is 5.97 Å². The average molecular weight is 449 g/mol. The summed E-state index contributed by atoms with van der Waals surface area (Å²) in [5, 5.41) is 14.6. The first-order chi connectivity index (χ1) is 15.9. The fourth-order valence-electron chi connectivity index (χ4n) is 2.75. The van der Waals surface area contributed by atoms with Gasteiger partial charge in [0, 0.05) is 17.7 Å². The van der Waals surface area contributed by atoms with Crippen LogP contribution in [0.5, 0.6) is 17.2 Å². The molecular formula is C23H19N3O7. The zero-order chi connectivity index (χ0) is 23.8. The maximum absolute atomic E-state index is 12.3. The molecule has 0 bridgehead atoms. The SMILES string of the molecule is COc1ccc(C(=O)N/N=C/c2cccc(OC(=O)c3ccc([N+](=O)[O-])cc3)c2)cc1OC. The maximum Gasteiger partial charge on any atom is 0.343 e. The zero-order valence-electron chi connectivity index (χ0n) is 17.7. The van der Waals surface area contributed by atoms with Crippen LogP contribution in [0.1, 0.15) is 26.3 Å². The van der Waals surface area contributed by atoms with Gasteiger partial charge in [-0.1, -0.05) is 12.1 Å². The van der Waals surface area contributed by atoms with Crippen molar-refractivity contribution in [1.29, 1.82) is 0 Å². The molecule has 0 saturated carbocycles. The molecular weight excluding hydrogens is 430 g/mol. The van der Waals surface area contributed by atoms with Crippen molar-refractivity contribution < 1.29 is 28.7 Å². The Bertz CT molecular complexity index is 1210. The van der Waals surface area contributed by atoms with Gasteiger partial charge in [0.15, 0.2) is 11.5 Å². The lowest BCUT2D eigenvalue weighted by molar-refractivity contribution is -0.384. The molecule has 33 heavy (non-hydrogen) atoms. The Hall–Kier alpha value is -4.73. The minimum atomic E-state index is -0.666. The molecule has 0 aliphatic carbocycles. The molecule has 0 aliphatic heterocycles. The lowest BCUT2D eigenvalue weighted by Gasteiger charge is -2.08. The van der Waals surface area contributed by atoms with E-state index in [1.165, 1.54) is 50.8 Å². The summed E-state index contributed by atoms with van der Waals surface area (Å²) in [7, 11) is 2.97. The number of amides is 1. The summed E-state index contributed by atoms with van der Waals surface area (Å²) in [4.78, 5) is 34.7. The Balaban J connectivity index is 1.63. The number of non-ortho nitro benzene ring substituents is 1. The van der Waals surface area contributed by atoms with Gasteiger partial charge in [-0.05, 0) is 48.0 Å². The second kappa shape index (κ2) is 10.5. The number of benzene rings is 3. The lowest BCUT2D eigenvalue weighted by Crippen LogP contribution is -2.17. The van der Waals surface area contributed by atoms with Crippen LogP contribution in [0.4, 0.5) is 5.69 Å².